The van der Waals surface area contributed by atoms with Gasteiger partial charge >= 0.3 is 0 Å². The second-order valence-corrected chi connectivity index (χ2v) is 3.29. The Balaban J connectivity index is 2.37. The average molecular weight is 168 g/mol. The third-order valence-corrected chi connectivity index (χ3v) is 2.22. The first-order valence-corrected chi connectivity index (χ1v) is 4.57. The molecule has 0 aromatic carbocycles. The van der Waals surface area contributed by atoms with Crippen molar-refractivity contribution in [1.82, 2.24) is 0 Å². The first kappa shape index (κ1) is 8.50. The molecule has 1 aromatic heterocycles. The molecule has 1 rings (SSSR count). The van der Waals surface area contributed by atoms with E-state index in [2.05, 4.69) is 12.0 Å². The number of rotatable bonds is 4. The highest BCUT2D eigenvalue weighted by Gasteiger charge is 2.02. The highest BCUT2D eigenvalue weighted by molar-refractivity contribution is 7.07. The van der Waals surface area contributed by atoms with Gasteiger partial charge in [0, 0.05) is 0 Å². The second-order valence-electron chi connectivity index (χ2n) is 2.51. The SMILES string of the molecule is C=CCC(O)Cc1ccsc1. The molecule has 0 saturated carbocycles. The molecule has 1 atom stereocenters. The number of aliphatic hydroxyl groups excluding tert-OH is 1. The highest BCUT2D eigenvalue weighted by Crippen LogP contribution is 2.10. The fraction of sp³-hybridized carbons (Fsp3) is 0.333. The van der Waals surface area contributed by atoms with Crippen LogP contribution >= 0.6 is 11.3 Å². The maximum absolute atomic E-state index is 9.35. The zero-order valence-corrected chi connectivity index (χ0v) is 7.18. The number of thiophene rings is 1. The van der Waals surface area contributed by atoms with Crippen LogP contribution in [0.1, 0.15) is 12.0 Å². The van der Waals surface area contributed by atoms with Gasteiger partial charge in [0.05, 0.1) is 6.10 Å². The molecule has 0 aliphatic heterocycles. The first-order chi connectivity index (χ1) is 5.33. The minimum absolute atomic E-state index is 0.262. The monoisotopic (exact) mass is 168 g/mol. The molecular weight excluding hydrogens is 156 g/mol. The van der Waals surface area contributed by atoms with Crippen LogP contribution in [0.15, 0.2) is 29.5 Å². The zero-order valence-electron chi connectivity index (χ0n) is 6.36. The summed E-state index contributed by atoms with van der Waals surface area (Å²) < 4.78 is 0. The number of hydrogen-bond acceptors (Lipinski definition) is 2. The van der Waals surface area contributed by atoms with E-state index in [1.54, 1.807) is 17.4 Å². The van der Waals surface area contributed by atoms with Gasteiger partial charge < -0.3 is 5.11 Å². The topological polar surface area (TPSA) is 20.2 Å². The number of hydrogen-bond donors (Lipinski definition) is 1. The molecule has 0 aliphatic carbocycles. The maximum Gasteiger partial charge on any atom is 0.0615 e. The molecule has 1 nitrogen and oxygen atoms in total. The van der Waals surface area contributed by atoms with E-state index in [4.69, 9.17) is 0 Å². The lowest BCUT2D eigenvalue weighted by molar-refractivity contribution is 0.178. The van der Waals surface area contributed by atoms with E-state index in [0.29, 0.717) is 6.42 Å². The third-order valence-electron chi connectivity index (χ3n) is 1.49. The van der Waals surface area contributed by atoms with Gasteiger partial charge in [-0.25, -0.2) is 0 Å². The molecule has 0 fully saturated rings. The molecule has 0 bridgehead atoms. The van der Waals surface area contributed by atoms with Crippen LogP contribution in [0.25, 0.3) is 0 Å². The van der Waals surface area contributed by atoms with Crippen LogP contribution in [0.4, 0.5) is 0 Å². The van der Waals surface area contributed by atoms with Crippen molar-refractivity contribution in [2.75, 3.05) is 0 Å². The van der Waals surface area contributed by atoms with Gasteiger partial charge in [0.15, 0.2) is 0 Å². The van der Waals surface area contributed by atoms with Crippen molar-refractivity contribution in [3.63, 3.8) is 0 Å². The molecule has 0 spiro atoms. The molecule has 0 aliphatic rings. The maximum atomic E-state index is 9.35. The Hall–Kier alpha value is -0.600. The van der Waals surface area contributed by atoms with Gasteiger partial charge in [-0.2, -0.15) is 11.3 Å². The lowest BCUT2D eigenvalue weighted by Crippen LogP contribution is -2.07. The van der Waals surface area contributed by atoms with Crippen molar-refractivity contribution >= 4 is 11.3 Å². The Morgan fingerprint density at radius 3 is 3.09 bits per heavy atom. The molecule has 0 amide bonds. The van der Waals surface area contributed by atoms with Gasteiger partial charge in [0.2, 0.25) is 0 Å². The summed E-state index contributed by atoms with van der Waals surface area (Å²) >= 11 is 1.66. The highest BCUT2D eigenvalue weighted by atomic mass is 32.1. The molecule has 1 aromatic rings. The van der Waals surface area contributed by atoms with Crippen LogP contribution in [0, 0.1) is 0 Å². The minimum Gasteiger partial charge on any atom is -0.392 e. The van der Waals surface area contributed by atoms with Crippen molar-refractivity contribution in [3.8, 4) is 0 Å². The summed E-state index contributed by atoms with van der Waals surface area (Å²) in [5.74, 6) is 0. The summed E-state index contributed by atoms with van der Waals surface area (Å²) in [6.07, 6.45) is 2.91. The summed E-state index contributed by atoms with van der Waals surface area (Å²) in [5, 5.41) is 13.4. The molecule has 2 heteroatoms. The fourth-order valence-electron chi connectivity index (χ4n) is 0.957. The van der Waals surface area contributed by atoms with Crippen LogP contribution in [0.2, 0.25) is 0 Å². The van der Waals surface area contributed by atoms with E-state index in [0.717, 1.165) is 6.42 Å². The molecule has 1 heterocycles. The van der Waals surface area contributed by atoms with Crippen LogP contribution < -0.4 is 0 Å². The Labute approximate surface area is 71.0 Å². The van der Waals surface area contributed by atoms with Crippen molar-refractivity contribution in [2.24, 2.45) is 0 Å². The van der Waals surface area contributed by atoms with Crippen LogP contribution in [0.5, 0.6) is 0 Å². The second kappa shape index (κ2) is 4.31. The Bertz CT molecular complexity index is 203. The Morgan fingerprint density at radius 1 is 1.73 bits per heavy atom. The molecular formula is C9H12OS. The average Bonchev–Trinajstić information content (AvgIpc) is 2.40. The van der Waals surface area contributed by atoms with E-state index >= 15 is 0 Å². The van der Waals surface area contributed by atoms with E-state index in [9.17, 15) is 5.11 Å². The Kier molecular flexibility index (Phi) is 3.33. The largest absolute Gasteiger partial charge is 0.392 e. The lowest BCUT2D eigenvalue weighted by atomic mass is 10.1. The molecule has 1 unspecified atom stereocenters. The smallest absolute Gasteiger partial charge is 0.0615 e. The predicted molar refractivity (Wildman–Crippen MR) is 48.8 cm³/mol. The van der Waals surface area contributed by atoms with Gasteiger partial charge in [-0.05, 0) is 35.2 Å². The summed E-state index contributed by atoms with van der Waals surface area (Å²) in [6, 6.07) is 2.04. The zero-order chi connectivity index (χ0) is 8.10. The molecule has 11 heavy (non-hydrogen) atoms. The summed E-state index contributed by atoms with van der Waals surface area (Å²) in [4.78, 5) is 0. The van der Waals surface area contributed by atoms with Crippen molar-refractivity contribution in [2.45, 2.75) is 18.9 Å². The Morgan fingerprint density at radius 2 is 2.55 bits per heavy atom. The normalized spacial score (nSPS) is 12.8. The van der Waals surface area contributed by atoms with Crippen LogP contribution in [-0.4, -0.2) is 11.2 Å². The van der Waals surface area contributed by atoms with Gasteiger partial charge in [0.25, 0.3) is 0 Å². The van der Waals surface area contributed by atoms with E-state index < -0.39 is 0 Å². The number of aliphatic hydroxyl groups is 1. The van der Waals surface area contributed by atoms with Crippen molar-refractivity contribution in [1.29, 1.82) is 0 Å². The van der Waals surface area contributed by atoms with Gasteiger partial charge in [0.1, 0.15) is 0 Å². The van der Waals surface area contributed by atoms with Gasteiger partial charge in [-0.1, -0.05) is 6.08 Å². The van der Waals surface area contributed by atoms with Crippen molar-refractivity contribution < 1.29 is 5.11 Å². The third kappa shape index (κ3) is 2.87. The van der Waals surface area contributed by atoms with Crippen LogP contribution in [-0.2, 0) is 6.42 Å². The van der Waals surface area contributed by atoms with Gasteiger partial charge in [-0.15, -0.1) is 6.58 Å². The summed E-state index contributed by atoms with van der Waals surface area (Å²) in [5.41, 5.74) is 1.21. The first-order valence-electron chi connectivity index (χ1n) is 3.63. The van der Waals surface area contributed by atoms with E-state index in [1.165, 1.54) is 5.56 Å². The fourth-order valence-corrected chi connectivity index (χ4v) is 1.64. The molecule has 1 N–H and O–H groups in total. The summed E-state index contributed by atoms with van der Waals surface area (Å²) in [6.45, 7) is 3.57. The molecule has 60 valence electrons. The predicted octanol–water partition coefficient (Wildman–Crippen LogP) is 2.23. The van der Waals surface area contributed by atoms with Crippen molar-refractivity contribution in [3.05, 3.63) is 35.0 Å². The standard InChI is InChI=1S/C9H12OS/c1-2-3-9(10)6-8-4-5-11-7-8/h2,4-5,7,9-10H,1,3,6H2. The molecule has 0 saturated heterocycles. The van der Waals surface area contributed by atoms with Gasteiger partial charge in [-0.3, -0.25) is 0 Å². The minimum atomic E-state index is -0.262. The van der Waals surface area contributed by atoms with E-state index in [1.807, 2.05) is 11.4 Å². The van der Waals surface area contributed by atoms with Crippen LogP contribution in [0.3, 0.4) is 0 Å². The molecule has 0 radical (unpaired) electrons. The lowest BCUT2D eigenvalue weighted by Gasteiger charge is -2.04. The summed E-state index contributed by atoms with van der Waals surface area (Å²) in [7, 11) is 0. The quantitative estimate of drug-likeness (QED) is 0.683. The van der Waals surface area contributed by atoms with E-state index in [-0.39, 0.29) is 6.10 Å².